The van der Waals surface area contributed by atoms with Crippen molar-refractivity contribution in [2.75, 3.05) is 6.61 Å². The molecule has 0 radical (unpaired) electrons. The van der Waals surface area contributed by atoms with Crippen molar-refractivity contribution < 1.29 is 45.1 Å². The van der Waals surface area contributed by atoms with Crippen molar-refractivity contribution in [3.05, 3.63) is 35.4 Å². The molecule has 0 aliphatic carbocycles. The number of pyridine rings is 1. The molecule has 0 aliphatic rings. The number of hydrogen-bond donors (Lipinski definition) is 0. The summed E-state index contributed by atoms with van der Waals surface area (Å²) < 4.78 is 43.5. The van der Waals surface area contributed by atoms with Gasteiger partial charge in [0.25, 0.3) is 0 Å². The fraction of sp³-hybridized carbons (Fsp3) is 0.250. The fourth-order valence-electron chi connectivity index (χ4n) is 1.22. The van der Waals surface area contributed by atoms with Gasteiger partial charge in [-0.1, -0.05) is 6.07 Å². The van der Waals surface area contributed by atoms with Gasteiger partial charge in [0, 0.05) is 6.20 Å². The molecule has 1 aromatic heterocycles. The Morgan fingerprint density at radius 3 is 2.57 bits per heavy atom. The molecule has 0 saturated heterocycles. The van der Waals surface area contributed by atoms with E-state index < -0.39 is 23.4 Å². The van der Waals surface area contributed by atoms with E-state index in [2.05, 4.69) is 27.3 Å². The first kappa shape index (κ1) is 19.8. The largest absolute Gasteiger partial charge is 1.00 e. The third-order valence-corrected chi connectivity index (χ3v) is 2.25. The van der Waals surface area contributed by atoms with Crippen molar-refractivity contribution in [1.29, 1.82) is 0 Å². The number of carbonyl (C=O) groups is 1. The number of hydrogen-bond acceptors (Lipinski definition) is 5. The third-order valence-electron chi connectivity index (χ3n) is 2.01. The van der Waals surface area contributed by atoms with E-state index in [9.17, 15) is 18.0 Å². The molecule has 0 saturated carbocycles. The van der Waals surface area contributed by atoms with E-state index in [4.69, 9.17) is 0 Å². The van der Waals surface area contributed by atoms with Crippen LogP contribution in [0.4, 0.5) is 19.0 Å². The van der Waals surface area contributed by atoms with Crippen molar-refractivity contribution in [1.82, 2.24) is 4.98 Å². The molecule has 0 aromatic carbocycles. The fourth-order valence-corrected chi connectivity index (χ4v) is 1.43. The summed E-state index contributed by atoms with van der Waals surface area (Å²) >= 11 is 4.46. The molecule has 0 unspecified atom stereocenters. The maximum Gasteiger partial charge on any atom is 1.00 e. The maximum absolute atomic E-state index is 13.0. The van der Waals surface area contributed by atoms with Crippen LogP contribution < -0.4 is 0 Å². The number of aliphatic imine (C=N–C) groups is 1. The van der Waals surface area contributed by atoms with Gasteiger partial charge in [0.05, 0.1) is 12.2 Å². The molecule has 0 atom stereocenters. The molecule has 0 aliphatic heterocycles. The van der Waals surface area contributed by atoms with E-state index in [0.29, 0.717) is 5.41 Å². The molecule has 0 fully saturated rings. The Bertz CT molecular complexity index is 533. The number of nitrogens with zero attached hydrogens (tertiary/aromatic N) is 2. The quantitative estimate of drug-likeness (QED) is 0.252. The third kappa shape index (κ3) is 5.96. The molecule has 118 valence electrons. The first-order valence-corrected chi connectivity index (χ1v) is 5.93. The maximum atomic E-state index is 13.0. The van der Waals surface area contributed by atoms with Crippen LogP contribution in [0, 0.1) is 0 Å². The smallest absolute Gasteiger partial charge is 0.786 e. The van der Waals surface area contributed by atoms with Crippen molar-refractivity contribution >= 4 is 30.1 Å². The molecule has 4 nitrogen and oxygen atoms in total. The molecular weight excluding hydrogens is 401 g/mol. The Hall–Kier alpha value is -1.22. The molecule has 1 aromatic rings. The molecule has 21 heavy (non-hydrogen) atoms. The average molecular weight is 411 g/mol. The van der Waals surface area contributed by atoms with Gasteiger partial charge < -0.3 is 17.4 Å². The topological polar surface area (TPSA) is 51.5 Å². The molecular formula is C12H10AgF3N2O2S. The summed E-state index contributed by atoms with van der Waals surface area (Å²) in [5, 5.41) is 0.604. The Morgan fingerprint density at radius 2 is 2.14 bits per heavy atom. The van der Waals surface area contributed by atoms with Crippen LogP contribution in [-0.4, -0.2) is 29.4 Å². The predicted molar refractivity (Wildman–Crippen MR) is 69.5 cm³/mol. The normalized spacial score (nSPS) is 12.6. The van der Waals surface area contributed by atoms with Crippen LogP contribution in [0.25, 0.3) is 0 Å². The molecule has 9 heteroatoms. The molecule has 0 bridgehead atoms. The Kier molecular flexibility index (Phi) is 8.41. The second-order valence-electron chi connectivity index (χ2n) is 3.40. The van der Waals surface area contributed by atoms with Crippen molar-refractivity contribution in [2.24, 2.45) is 4.99 Å². The van der Waals surface area contributed by atoms with Gasteiger partial charge in [0.15, 0.2) is 11.5 Å². The Labute approximate surface area is 140 Å². The molecule has 1 rings (SSSR count). The SMILES string of the molecule is CCOC(=O)/C(=C\[S-])C(=Nc1ccccn1)C(F)(F)F.[Ag+]. The van der Waals surface area contributed by atoms with E-state index in [1.165, 1.54) is 31.3 Å². The zero-order valence-electron chi connectivity index (χ0n) is 10.6. The number of carbonyl (C=O) groups excluding carboxylic acids is 1. The summed E-state index contributed by atoms with van der Waals surface area (Å²) in [6.45, 7) is 1.41. The summed E-state index contributed by atoms with van der Waals surface area (Å²) in [4.78, 5) is 18.5. The van der Waals surface area contributed by atoms with Gasteiger partial charge in [-0.15, -0.1) is 0 Å². The van der Waals surface area contributed by atoms with Crippen molar-refractivity contribution in [2.45, 2.75) is 13.1 Å². The van der Waals surface area contributed by atoms with Gasteiger partial charge in [-0.25, -0.2) is 14.8 Å². The zero-order chi connectivity index (χ0) is 15.2. The number of esters is 1. The summed E-state index contributed by atoms with van der Waals surface area (Å²) in [6, 6.07) is 4.28. The zero-order valence-corrected chi connectivity index (χ0v) is 12.9. The first-order valence-electron chi connectivity index (χ1n) is 5.46. The second-order valence-corrected chi connectivity index (χ2v) is 3.63. The number of halogens is 3. The molecule has 1 heterocycles. The standard InChI is InChI=1S/C12H11F3N2O2S.Ag/c1-2-19-11(18)8(7-20)10(12(13,14)15)17-9-5-3-4-6-16-9;/h3-7,20H,2H2,1H3;/q;+1/p-1/b8-7-,17-10?;. The van der Waals surface area contributed by atoms with Crippen LogP contribution in [0.5, 0.6) is 0 Å². The van der Waals surface area contributed by atoms with Gasteiger partial charge in [-0.3, -0.25) is 0 Å². The van der Waals surface area contributed by atoms with Crippen LogP contribution in [0.15, 0.2) is 40.4 Å². The van der Waals surface area contributed by atoms with Gasteiger partial charge in [0.2, 0.25) is 0 Å². The van der Waals surface area contributed by atoms with Crippen LogP contribution in [-0.2, 0) is 44.5 Å². The van der Waals surface area contributed by atoms with Gasteiger partial charge >= 0.3 is 34.5 Å². The average Bonchev–Trinajstić information content (AvgIpc) is 2.39. The molecule has 0 amide bonds. The summed E-state index contributed by atoms with van der Waals surface area (Å²) in [5.41, 5.74) is -2.25. The van der Waals surface area contributed by atoms with Gasteiger partial charge in [-0.05, 0) is 19.1 Å². The monoisotopic (exact) mass is 410 g/mol. The number of rotatable bonds is 4. The molecule has 0 N–H and O–H groups in total. The number of alkyl halides is 3. The minimum atomic E-state index is -4.85. The minimum absolute atomic E-state index is 0. The Balaban J connectivity index is 0.00000400. The van der Waals surface area contributed by atoms with E-state index in [-0.39, 0.29) is 34.8 Å². The van der Waals surface area contributed by atoms with Gasteiger partial charge in [0.1, 0.15) is 0 Å². The van der Waals surface area contributed by atoms with E-state index >= 15 is 0 Å². The Morgan fingerprint density at radius 1 is 1.48 bits per heavy atom. The summed E-state index contributed by atoms with van der Waals surface area (Å²) in [6.07, 6.45) is -3.57. The van der Waals surface area contributed by atoms with Gasteiger partial charge in [-0.2, -0.15) is 18.6 Å². The molecule has 0 spiro atoms. The van der Waals surface area contributed by atoms with Crippen LogP contribution >= 0.6 is 0 Å². The van der Waals surface area contributed by atoms with E-state index in [0.717, 1.165) is 0 Å². The van der Waals surface area contributed by atoms with Crippen LogP contribution in [0.3, 0.4) is 0 Å². The van der Waals surface area contributed by atoms with Crippen LogP contribution in [0.1, 0.15) is 6.92 Å². The van der Waals surface area contributed by atoms with Crippen molar-refractivity contribution in [3.63, 3.8) is 0 Å². The van der Waals surface area contributed by atoms with E-state index in [1.807, 2.05) is 0 Å². The second kappa shape index (κ2) is 8.93. The van der Waals surface area contributed by atoms with Crippen LogP contribution in [0.2, 0.25) is 0 Å². The van der Waals surface area contributed by atoms with Crippen molar-refractivity contribution in [3.8, 4) is 0 Å². The summed E-state index contributed by atoms with van der Waals surface area (Å²) in [7, 11) is 0. The summed E-state index contributed by atoms with van der Waals surface area (Å²) in [5.74, 6) is -1.35. The van der Waals surface area contributed by atoms with E-state index in [1.54, 1.807) is 0 Å². The number of aromatic nitrogens is 1. The predicted octanol–water partition coefficient (Wildman–Crippen LogP) is 2.71. The minimum Gasteiger partial charge on any atom is -0.786 e. The first-order chi connectivity index (χ1) is 9.40. The number of ether oxygens (including phenoxy) is 1.